The van der Waals surface area contributed by atoms with Crippen LogP contribution in [0.4, 0.5) is 14.5 Å². The largest absolute Gasteiger partial charge is 0.398 e. The third-order valence-corrected chi connectivity index (χ3v) is 5.58. The predicted molar refractivity (Wildman–Crippen MR) is 119 cm³/mol. The van der Waals surface area contributed by atoms with Crippen molar-refractivity contribution >= 4 is 16.5 Å². The second-order valence-electron chi connectivity index (χ2n) is 7.49. The maximum Gasteiger partial charge on any atom is 0.211 e. The highest BCUT2D eigenvalue weighted by Crippen LogP contribution is 2.37. The molecule has 0 aromatic heterocycles. The molecule has 4 rings (SSSR count). The van der Waals surface area contributed by atoms with E-state index in [0.29, 0.717) is 28.7 Å². The minimum absolute atomic E-state index is 0.208. The molecule has 0 bridgehead atoms. The van der Waals surface area contributed by atoms with E-state index in [9.17, 15) is 4.39 Å². The molecule has 1 atom stereocenters. The van der Waals surface area contributed by atoms with Crippen molar-refractivity contribution in [1.82, 2.24) is 0 Å². The summed E-state index contributed by atoms with van der Waals surface area (Å²) < 4.78 is 29.5. The molecule has 0 aliphatic rings. The van der Waals surface area contributed by atoms with Crippen LogP contribution in [0.25, 0.3) is 21.9 Å². The van der Waals surface area contributed by atoms with E-state index in [0.717, 1.165) is 22.1 Å². The number of hydrogen-bond donors (Lipinski definition) is 3. The summed E-state index contributed by atoms with van der Waals surface area (Å²) in [5.41, 5.74) is 22.4. The van der Waals surface area contributed by atoms with E-state index in [1.54, 1.807) is 19.1 Å². The number of benzene rings is 4. The molecule has 5 heteroatoms. The minimum Gasteiger partial charge on any atom is -0.398 e. The second-order valence-corrected chi connectivity index (χ2v) is 7.49. The summed E-state index contributed by atoms with van der Waals surface area (Å²) >= 11 is 0. The lowest BCUT2D eigenvalue weighted by molar-refractivity contribution is 0.235. The minimum atomic E-state index is -2.26. The molecule has 0 saturated heterocycles. The highest BCUT2D eigenvalue weighted by atomic mass is 19.1. The van der Waals surface area contributed by atoms with Gasteiger partial charge >= 0.3 is 0 Å². The van der Waals surface area contributed by atoms with E-state index in [1.807, 2.05) is 42.5 Å². The van der Waals surface area contributed by atoms with Crippen molar-refractivity contribution in [3.63, 3.8) is 0 Å². The highest BCUT2D eigenvalue weighted by molar-refractivity contribution is 5.91. The van der Waals surface area contributed by atoms with Gasteiger partial charge in [0.05, 0.1) is 0 Å². The van der Waals surface area contributed by atoms with Gasteiger partial charge < -0.3 is 11.5 Å². The number of nitrogens with two attached hydrogens (primary N) is 3. The number of nitrogen functional groups attached to an aromatic ring is 1. The zero-order chi connectivity index (χ0) is 21.5. The normalized spacial score (nSPS) is 13.4. The summed E-state index contributed by atoms with van der Waals surface area (Å²) in [6, 6.07) is 20.8. The van der Waals surface area contributed by atoms with Crippen LogP contribution in [0, 0.1) is 12.7 Å². The van der Waals surface area contributed by atoms with Gasteiger partial charge in [-0.1, -0.05) is 48.5 Å². The fraction of sp³-hybridized carbons (Fsp3) is 0.120. The summed E-state index contributed by atoms with van der Waals surface area (Å²) in [4.78, 5) is 0. The first-order valence-corrected chi connectivity index (χ1v) is 9.68. The Bertz CT molecular complexity index is 1250. The number of rotatable bonds is 4. The Morgan fingerprint density at radius 2 is 1.70 bits per heavy atom. The van der Waals surface area contributed by atoms with Crippen molar-refractivity contribution in [2.75, 3.05) is 5.73 Å². The van der Waals surface area contributed by atoms with Crippen LogP contribution in [0.1, 0.15) is 22.3 Å². The molecule has 4 aromatic rings. The lowest BCUT2D eigenvalue weighted by atomic mass is 9.89. The van der Waals surface area contributed by atoms with Gasteiger partial charge in [-0.2, -0.15) is 0 Å². The molecule has 0 radical (unpaired) electrons. The fourth-order valence-electron chi connectivity index (χ4n) is 3.90. The summed E-state index contributed by atoms with van der Waals surface area (Å²) in [7, 11) is 0. The summed E-state index contributed by atoms with van der Waals surface area (Å²) in [5, 5.41) is 1.52. The Kier molecular flexibility index (Phi) is 5.02. The molecule has 0 heterocycles. The first-order chi connectivity index (χ1) is 14.3. The number of halogens is 2. The van der Waals surface area contributed by atoms with Crippen LogP contribution < -0.4 is 17.2 Å². The van der Waals surface area contributed by atoms with Crippen LogP contribution in [-0.2, 0) is 12.3 Å². The first kappa shape index (κ1) is 20.0. The van der Waals surface area contributed by atoms with Gasteiger partial charge in [0, 0.05) is 23.4 Å². The zero-order valence-electron chi connectivity index (χ0n) is 16.6. The number of anilines is 1. The molecule has 0 spiro atoms. The molecule has 3 nitrogen and oxygen atoms in total. The molecule has 152 valence electrons. The lowest BCUT2D eigenvalue weighted by Crippen LogP contribution is -2.33. The Balaban J connectivity index is 1.86. The average Bonchev–Trinajstić information content (AvgIpc) is 2.74. The van der Waals surface area contributed by atoms with Crippen LogP contribution in [0.15, 0.2) is 72.8 Å². The van der Waals surface area contributed by atoms with E-state index >= 15 is 4.39 Å². The Labute approximate surface area is 174 Å². The van der Waals surface area contributed by atoms with Crippen LogP contribution in [0.2, 0.25) is 0 Å². The third-order valence-electron chi connectivity index (χ3n) is 5.58. The molecule has 6 N–H and O–H groups in total. The second kappa shape index (κ2) is 7.52. The van der Waals surface area contributed by atoms with Crippen molar-refractivity contribution in [2.45, 2.75) is 19.3 Å². The summed E-state index contributed by atoms with van der Waals surface area (Å²) in [6.45, 7) is 1.91. The SMILES string of the molecule is Cc1cc(C(N)(F)c2cccc3cc(-c4cccc(N)c4CN)ccc23)ccc1F. The van der Waals surface area contributed by atoms with Gasteiger partial charge in [-0.25, -0.2) is 8.78 Å². The molecule has 0 saturated carbocycles. The van der Waals surface area contributed by atoms with Gasteiger partial charge in [-0.05, 0) is 64.2 Å². The molecule has 1 unspecified atom stereocenters. The molecule has 0 fully saturated rings. The van der Waals surface area contributed by atoms with E-state index in [2.05, 4.69) is 0 Å². The summed E-state index contributed by atoms with van der Waals surface area (Å²) in [5.74, 6) is -2.66. The van der Waals surface area contributed by atoms with Crippen molar-refractivity contribution in [2.24, 2.45) is 11.5 Å². The van der Waals surface area contributed by atoms with E-state index in [-0.39, 0.29) is 5.56 Å². The molecule has 4 aromatic carbocycles. The standard InChI is InChI=1S/C25H23F2N3/c1-15-12-18(9-11-23(15)26)25(27,30)22-6-2-4-16-13-17(8-10-20(16)22)19-5-3-7-24(29)21(19)14-28/h2-13H,14,28-30H2,1H3. The van der Waals surface area contributed by atoms with Gasteiger partial charge in [0.1, 0.15) is 5.82 Å². The summed E-state index contributed by atoms with van der Waals surface area (Å²) in [6.07, 6.45) is 0. The van der Waals surface area contributed by atoms with Crippen LogP contribution in [0.5, 0.6) is 0 Å². The Morgan fingerprint density at radius 3 is 2.43 bits per heavy atom. The van der Waals surface area contributed by atoms with Gasteiger partial charge in [-0.3, -0.25) is 5.73 Å². The van der Waals surface area contributed by atoms with Gasteiger partial charge in [0.2, 0.25) is 5.79 Å². The van der Waals surface area contributed by atoms with E-state index < -0.39 is 11.6 Å². The molecule has 0 aliphatic heterocycles. The zero-order valence-corrected chi connectivity index (χ0v) is 16.6. The molecular weight excluding hydrogens is 380 g/mol. The monoisotopic (exact) mass is 403 g/mol. The third kappa shape index (κ3) is 3.32. The Morgan fingerprint density at radius 1 is 0.933 bits per heavy atom. The van der Waals surface area contributed by atoms with Gasteiger partial charge in [0.25, 0.3) is 0 Å². The van der Waals surface area contributed by atoms with Gasteiger partial charge in [-0.15, -0.1) is 0 Å². The molecule has 30 heavy (non-hydrogen) atoms. The smallest absolute Gasteiger partial charge is 0.211 e. The van der Waals surface area contributed by atoms with Gasteiger partial charge in [0.15, 0.2) is 0 Å². The van der Waals surface area contributed by atoms with Crippen LogP contribution in [0.3, 0.4) is 0 Å². The maximum absolute atomic E-state index is 15.8. The van der Waals surface area contributed by atoms with E-state index in [1.165, 1.54) is 18.2 Å². The molecule has 0 aliphatic carbocycles. The fourth-order valence-corrected chi connectivity index (χ4v) is 3.90. The molecular formula is C25H23F2N3. The number of fused-ring (bicyclic) bond motifs is 1. The highest BCUT2D eigenvalue weighted by Gasteiger charge is 2.31. The number of alkyl halides is 1. The van der Waals surface area contributed by atoms with Crippen molar-refractivity contribution in [1.29, 1.82) is 0 Å². The quantitative estimate of drug-likeness (QED) is 0.327. The van der Waals surface area contributed by atoms with E-state index in [4.69, 9.17) is 17.2 Å². The maximum atomic E-state index is 15.8. The topological polar surface area (TPSA) is 78.1 Å². The first-order valence-electron chi connectivity index (χ1n) is 9.68. The van der Waals surface area contributed by atoms with Crippen molar-refractivity contribution in [3.05, 3.63) is 101 Å². The number of aryl methyl sites for hydroxylation is 1. The van der Waals surface area contributed by atoms with Crippen LogP contribution in [-0.4, -0.2) is 0 Å². The number of hydrogen-bond acceptors (Lipinski definition) is 3. The van der Waals surface area contributed by atoms with Crippen LogP contribution >= 0.6 is 0 Å². The Hall–Kier alpha value is -3.28. The molecule has 0 amide bonds. The lowest BCUT2D eigenvalue weighted by Gasteiger charge is -2.24. The predicted octanol–water partition coefficient (Wildman–Crippen LogP) is 5.12. The van der Waals surface area contributed by atoms with Crippen molar-refractivity contribution in [3.8, 4) is 11.1 Å². The van der Waals surface area contributed by atoms with Crippen molar-refractivity contribution < 1.29 is 8.78 Å². The average molecular weight is 403 g/mol.